The molecule has 1 heterocycles. The average molecular weight is 137 g/mol. The molecule has 0 aromatic heterocycles. The lowest BCUT2D eigenvalue weighted by Crippen LogP contribution is -2.27. The standard InChI is InChI=1S/C2H5N2O3S/c5-4-1-2-8(6,7)3-4/h3H,1-2H2/q-1. The second-order valence-electron chi connectivity index (χ2n) is 1.51. The van der Waals surface area contributed by atoms with Gasteiger partial charge in [-0.05, 0) is 0 Å². The zero-order valence-corrected chi connectivity index (χ0v) is 4.81. The second-order valence-corrected chi connectivity index (χ2v) is 3.33. The van der Waals surface area contributed by atoms with Crippen LogP contribution in [-0.4, -0.2) is 25.9 Å². The summed E-state index contributed by atoms with van der Waals surface area (Å²) < 4.78 is 20.6. The van der Waals surface area contributed by atoms with E-state index in [9.17, 15) is 13.6 Å². The van der Waals surface area contributed by atoms with Crippen LogP contribution in [0.5, 0.6) is 0 Å². The van der Waals surface area contributed by atoms with Gasteiger partial charge in [-0.25, -0.2) is 8.42 Å². The van der Waals surface area contributed by atoms with E-state index in [1.54, 1.807) is 4.83 Å². The van der Waals surface area contributed by atoms with Gasteiger partial charge in [-0.2, -0.15) is 4.83 Å². The summed E-state index contributed by atoms with van der Waals surface area (Å²) in [5.41, 5.74) is 0. The van der Waals surface area contributed by atoms with Crippen molar-refractivity contribution in [2.75, 3.05) is 12.3 Å². The fraction of sp³-hybridized carbons (Fsp3) is 1.00. The molecule has 0 aromatic carbocycles. The van der Waals surface area contributed by atoms with Gasteiger partial charge >= 0.3 is 0 Å². The van der Waals surface area contributed by atoms with E-state index in [4.69, 9.17) is 0 Å². The van der Waals surface area contributed by atoms with Gasteiger partial charge in [0.1, 0.15) is 0 Å². The van der Waals surface area contributed by atoms with Crippen molar-refractivity contribution in [3.8, 4) is 0 Å². The minimum atomic E-state index is -3.23. The Morgan fingerprint density at radius 1 is 1.62 bits per heavy atom. The first-order valence-electron chi connectivity index (χ1n) is 2.05. The Hall–Kier alpha value is -0.170. The van der Waals surface area contributed by atoms with Gasteiger partial charge in [-0.1, -0.05) is 0 Å². The van der Waals surface area contributed by atoms with Gasteiger partial charge in [-0.3, -0.25) is 0 Å². The molecular weight excluding hydrogens is 132 g/mol. The summed E-state index contributed by atoms with van der Waals surface area (Å²) >= 11 is 0. The highest BCUT2D eigenvalue weighted by atomic mass is 32.2. The van der Waals surface area contributed by atoms with Crippen molar-refractivity contribution in [1.82, 2.24) is 10.0 Å². The van der Waals surface area contributed by atoms with E-state index >= 15 is 0 Å². The van der Waals surface area contributed by atoms with Gasteiger partial charge in [-0.15, -0.1) is 0 Å². The van der Waals surface area contributed by atoms with Crippen molar-refractivity contribution < 1.29 is 8.42 Å². The predicted octanol–water partition coefficient (Wildman–Crippen LogP) is -1.37. The molecule has 8 heavy (non-hydrogen) atoms. The Kier molecular flexibility index (Phi) is 1.24. The van der Waals surface area contributed by atoms with Crippen LogP contribution in [0.1, 0.15) is 0 Å². The molecule has 0 aromatic rings. The van der Waals surface area contributed by atoms with E-state index in [0.29, 0.717) is 5.17 Å². The topological polar surface area (TPSA) is 72.5 Å². The van der Waals surface area contributed by atoms with E-state index in [0.717, 1.165) is 0 Å². The quantitative estimate of drug-likeness (QED) is 0.447. The first kappa shape index (κ1) is 5.96. The van der Waals surface area contributed by atoms with Crippen molar-refractivity contribution in [3.63, 3.8) is 0 Å². The van der Waals surface area contributed by atoms with Crippen LogP contribution < -0.4 is 4.83 Å². The number of sulfonamides is 1. The molecule has 1 N–H and O–H groups in total. The van der Waals surface area contributed by atoms with E-state index < -0.39 is 10.0 Å². The monoisotopic (exact) mass is 137 g/mol. The molecule has 1 fully saturated rings. The van der Waals surface area contributed by atoms with Gasteiger partial charge in [0, 0.05) is 6.54 Å². The van der Waals surface area contributed by atoms with Crippen molar-refractivity contribution in [2.24, 2.45) is 0 Å². The summed E-state index contributed by atoms with van der Waals surface area (Å²) in [5, 5.41) is 10.4. The van der Waals surface area contributed by atoms with Gasteiger partial charge < -0.3 is 10.4 Å². The molecule has 48 valence electrons. The highest BCUT2D eigenvalue weighted by Crippen LogP contribution is 1.95. The smallest absolute Gasteiger partial charge is 0.224 e. The molecule has 0 bridgehead atoms. The van der Waals surface area contributed by atoms with Crippen LogP contribution in [0.3, 0.4) is 0 Å². The maximum absolute atomic E-state index is 10.3. The number of hydrazine groups is 1. The maximum atomic E-state index is 10.3. The Morgan fingerprint density at radius 3 is 2.38 bits per heavy atom. The Morgan fingerprint density at radius 2 is 2.25 bits per heavy atom. The van der Waals surface area contributed by atoms with Crippen LogP contribution in [0.4, 0.5) is 0 Å². The summed E-state index contributed by atoms with van der Waals surface area (Å²) in [7, 11) is -3.23. The summed E-state index contributed by atoms with van der Waals surface area (Å²) in [6.45, 7) is 0.0301. The van der Waals surface area contributed by atoms with Gasteiger partial charge in [0.2, 0.25) is 10.0 Å². The lowest BCUT2D eigenvalue weighted by Gasteiger charge is -2.17. The minimum Gasteiger partial charge on any atom is -0.771 e. The highest BCUT2D eigenvalue weighted by Gasteiger charge is 2.17. The molecule has 0 atom stereocenters. The van der Waals surface area contributed by atoms with E-state index in [-0.39, 0.29) is 12.3 Å². The van der Waals surface area contributed by atoms with Crippen molar-refractivity contribution in [2.45, 2.75) is 0 Å². The molecule has 6 heteroatoms. The number of hydrogen-bond acceptors (Lipinski definition) is 4. The fourth-order valence-electron chi connectivity index (χ4n) is 0.450. The zero-order valence-electron chi connectivity index (χ0n) is 3.99. The Balaban J connectivity index is 2.71. The second kappa shape index (κ2) is 1.66. The zero-order chi connectivity index (χ0) is 6.20. The van der Waals surface area contributed by atoms with E-state index in [2.05, 4.69) is 0 Å². The van der Waals surface area contributed by atoms with Gasteiger partial charge in [0.15, 0.2) is 0 Å². The van der Waals surface area contributed by atoms with E-state index in [1.165, 1.54) is 0 Å². The van der Waals surface area contributed by atoms with E-state index in [1.807, 2.05) is 0 Å². The fourth-order valence-corrected chi connectivity index (χ4v) is 1.35. The lowest BCUT2D eigenvalue weighted by molar-refractivity contribution is 0.392. The first-order chi connectivity index (χ1) is 3.60. The normalized spacial score (nSPS) is 28.6. The molecule has 0 radical (unpaired) electrons. The molecule has 0 aliphatic carbocycles. The van der Waals surface area contributed by atoms with Crippen LogP contribution in [-0.2, 0) is 10.0 Å². The third-order valence-electron chi connectivity index (χ3n) is 0.804. The molecule has 1 aliphatic heterocycles. The van der Waals surface area contributed by atoms with Crippen LogP contribution in [0.2, 0.25) is 0 Å². The van der Waals surface area contributed by atoms with Gasteiger partial charge in [0.25, 0.3) is 0 Å². The average Bonchev–Trinajstić information content (AvgIpc) is 1.82. The summed E-state index contributed by atoms with van der Waals surface area (Å²) in [6.07, 6.45) is 0. The van der Waals surface area contributed by atoms with Crippen molar-refractivity contribution >= 4 is 10.0 Å². The molecule has 0 saturated carbocycles. The molecule has 0 unspecified atom stereocenters. The highest BCUT2D eigenvalue weighted by molar-refractivity contribution is 7.89. The van der Waals surface area contributed by atoms with Crippen molar-refractivity contribution in [3.05, 3.63) is 5.21 Å². The third kappa shape index (κ3) is 1.16. The number of hydrogen-bond donors (Lipinski definition) is 1. The molecule has 5 nitrogen and oxygen atoms in total. The molecule has 0 amide bonds. The Labute approximate surface area is 46.9 Å². The van der Waals surface area contributed by atoms with Crippen LogP contribution in [0.15, 0.2) is 0 Å². The summed E-state index contributed by atoms with van der Waals surface area (Å²) in [5.74, 6) is -0.0868. The first-order valence-corrected chi connectivity index (χ1v) is 3.70. The van der Waals surface area contributed by atoms with Crippen LogP contribution >= 0.6 is 0 Å². The number of rotatable bonds is 0. The third-order valence-corrected chi connectivity index (χ3v) is 2.01. The molecule has 0 spiro atoms. The number of nitrogens with one attached hydrogen (secondary N) is 1. The number of nitrogens with zero attached hydrogens (tertiary/aromatic N) is 1. The van der Waals surface area contributed by atoms with Gasteiger partial charge in [0.05, 0.1) is 5.75 Å². The molecule has 1 aliphatic rings. The molecule has 1 saturated heterocycles. The molecule has 1 rings (SSSR count). The SMILES string of the molecule is O=S1(=O)CCN([O-])N1. The predicted molar refractivity (Wildman–Crippen MR) is 27.0 cm³/mol. The lowest BCUT2D eigenvalue weighted by atomic mass is 10.8. The van der Waals surface area contributed by atoms with Crippen LogP contribution in [0.25, 0.3) is 0 Å². The largest absolute Gasteiger partial charge is 0.771 e. The van der Waals surface area contributed by atoms with Crippen LogP contribution in [0, 0.1) is 5.21 Å². The molecular formula is C2H5N2O3S-. The Bertz CT molecular complexity index is 174. The minimum absolute atomic E-state index is 0.0301. The summed E-state index contributed by atoms with van der Waals surface area (Å²) in [6, 6.07) is 0. The number of hydroxylamine groups is 1. The van der Waals surface area contributed by atoms with Crippen molar-refractivity contribution in [1.29, 1.82) is 0 Å². The maximum Gasteiger partial charge on any atom is 0.224 e. The summed E-state index contributed by atoms with van der Waals surface area (Å²) in [4.78, 5) is 1.74.